The van der Waals surface area contributed by atoms with Gasteiger partial charge in [0, 0.05) is 65.5 Å². The molecule has 1 aromatic carbocycles. The molecule has 2 heterocycles. The predicted molar refractivity (Wildman–Crippen MR) is 120 cm³/mol. The molecule has 30 heavy (non-hydrogen) atoms. The fourth-order valence-electron chi connectivity index (χ4n) is 3.99. The highest BCUT2D eigenvalue weighted by molar-refractivity contribution is 5.80. The van der Waals surface area contributed by atoms with E-state index in [4.69, 9.17) is 0 Å². The molecule has 0 radical (unpaired) electrons. The van der Waals surface area contributed by atoms with E-state index in [1.807, 2.05) is 35.8 Å². The van der Waals surface area contributed by atoms with E-state index in [1.165, 1.54) is 16.7 Å². The monoisotopic (exact) mass is 410 g/mol. The summed E-state index contributed by atoms with van der Waals surface area (Å²) in [7, 11) is 5.77. The van der Waals surface area contributed by atoms with Crippen LogP contribution in [0.2, 0.25) is 0 Å². The third kappa shape index (κ3) is 5.20. The zero-order chi connectivity index (χ0) is 21.7. The Morgan fingerprint density at radius 1 is 1.27 bits per heavy atom. The Labute approximate surface area is 179 Å². The average Bonchev–Trinajstić information content (AvgIpc) is 3.31. The van der Waals surface area contributed by atoms with Gasteiger partial charge in [-0.3, -0.25) is 14.5 Å². The summed E-state index contributed by atoms with van der Waals surface area (Å²) in [6.07, 6.45) is 3.40. The van der Waals surface area contributed by atoms with Crippen LogP contribution in [-0.4, -0.2) is 52.1 Å². The van der Waals surface area contributed by atoms with Crippen LogP contribution in [0.5, 0.6) is 0 Å². The SMILES string of the molecule is CN=C(NCCCC(=O)N1Cc2ccccc2C1)N(C)Cc1cn(C)nc1C(C)C. The van der Waals surface area contributed by atoms with E-state index >= 15 is 0 Å². The topological polar surface area (TPSA) is 65.8 Å². The van der Waals surface area contributed by atoms with Crippen LogP contribution in [0.15, 0.2) is 35.5 Å². The van der Waals surface area contributed by atoms with Crippen molar-refractivity contribution in [2.75, 3.05) is 20.6 Å². The number of fused-ring (bicyclic) bond motifs is 1. The Hall–Kier alpha value is -2.83. The highest BCUT2D eigenvalue weighted by atomic mass is 16.2. The van der Waals surface area contributed by atoms with Gasteiger partial charge in [0.15, 0.2) is 5.96 Å². The number of hydrogen-bond donors (Lipinski definition) is 1. The standard InChI is InChI=1S/C23H34N6O/c1-17(2)22-20(14-28(5)26-22)13-27(4)23(24-3)25-12-8-11-21(30)29-15-18-9-6-7-10-19(18)16-29/h6-7,9-10,14,17H,8,11-13,15-16H2,1-5H3,(H,24,25). The number of aliphatic imine (C=N–C) groups is 1. The summed E-state index contributed by atoms with van der Waals surface area (Å²) >= 11 is 0. The van der Waals surface area contributed by atoms with E-state index in [-0.39, 0.29) is 5.91 Å². The molecule has 3 rings (SSSR count). The van der Waals surface area contributed by atoms with Crippen molar-refractivity contribution < 1.29 is 4.79 Å². The summed E-state index contributed by atoms with van der Waals surface area (Å²) in [5, 5.41) is 7.97. The van der Waals surface area contributed by atoms with Gasteiger partial charge in [0.2, 0.25) is 5.91 Å². The molecule has 1 aliphatic heterocycles. The highest BCUT2D eigenvalue weighted by Crippen LogP contribution is 2.23. The van der Waals surface area contributed by atoms with Crippen molar-refractivity contribution in [2.24, 2.45) is 12.0 Å². The summed E-state index contributed by atoms with van der Waals surface area (Å²) in [6, 6.07) is 8.29. The van der Waals surface area contributed by atoms with Crippen LogP contribution in [0.1, 0.15) is 55.0 Å². The zero-order valence-electron chi connectivity index (χ0n) is 18.9. The number of amides is 1. The lowest BCUT2D eigenvalue weighted by atomic mass is 10.1. The van der Waals surface area contributed by atoms with Gasteiger partial charge in [-0.1, -0.05) is 38.1 Å². The minimum absolute atomic E-state index is 0.216. The third-order valence-corrected chi connectivity index (χ3v) is 5.51. The van der Waals surface area contributed by atoms with Crippen molar-refractivity contribution in [1.82, 2.24) is 24.9 Å². The normalized spacial score (nSPS) is 13.7. The van der Waals surface area contributed by atoms with Crippen molar-refractivity contribution in [2.45, 2.75) is 52.2 Å². The molecule has 0 unspecified atom stereocenters. The molecule has 162 valence electrons. The third-order valence-electron chi connectivity index (χ3n) is 5.51. The Balaban J connectivity index is 1.44. The van der Waals surface area contributed by atoms with Gasteiger partial charge in [0.1, 0.15) is 0 Å². The molecule has 0 saturated carbocycles. The van der Waals surface area contributed by atoms with Crippen molar-refractivity contribution >= 4 is 11.9 Å². The lowest BCUT2D eigenvalue weighted by Crippen LogP contribution is -2.39. The molecule has 1 aliphatic rings. The Kier molecular flexibility index (Phi) is 7.13. The maximum Gasteiger partial charge on any atom is 0.223 e. The predicted octanol–water partition coefficient (Wildman–Crippen LogP) is 2.87. The number of aromatic nitrogens is 2. The molecule has 1 N–H and O–H groups in total. The number of benzene rings is 1. The van der Waals surface area contributed by atoms with Crippen molar-refractivity contribution in [1.29, 1.82) is 0 Å². The van der Waals surface area contributed by atoms with Crippen LogP contribution in [0.3, 0.4) is 0 Å². The quantitative estimate of drug-likeness (QED) is 0.433. The lowest BCUT2D eigenvalue weighted by molar-refractivity contribution is -0.131. The van der Waals surface area contributed by atoms with Crippen molar-refractivity contribution in [3.63, 3.8) is 0 Å². The summed E-state index contributed by atoms with van der Waals surface area (Å²) in [5.74, 6) is 1.43. The molecule has 0 bridgehead atoms. The maximum atomic E-state index is 12.6. The lowest BCUT2D eigenvalue weighted by Gasteiger charge is -2.22. The van der Waals surface area contributed by atoms with E-state index in [2.05, 4.69) is 52.5 Å². The minimum Gasteiger partial charge on any atom is -0.356 e. The number of aryl methyl sites for hydroxylation is 1. The Morgan fingerprint density at radius 2 is 1.93 bits per heavy atom. The van der Waals surface area contributed by atoms with Crippen molar-refractivity contribution in [3.05, 3.63) is 52.8 Å². The maximum absolute atomic E-state index is 12.6. The highest BCUT2D eigenvalue weighted by Gasteiger charge is 2.22. The van der Waals surface area contributed by atoms with Crippen LogP contribution in [0.4, 0.5) is 0 Å². The molecule has 2 aromatic rings. The second kappa shape index (κ2) is 9.78. The summed E-state index contributed by atoms with van der Waals surface area (Å²) < 4.78 is 1.87. The fraction of sp³-hybridized carbons (Fsp3) is 0.522. The summed E-state index contributed by atoms with van der Waals surface area (Å²) in [4.78, 5) is 21.0. The largest absolute Gasteiger partial charge is 0.356 e. The Morgan fingerprint density at radius 3 is 2.53 bits per heavy atom. The summed E-state index contributed by atoms with van der Waals surface area (Å²) in [6.45, 7) is 7.25. The fourth-order valence-corrected chi connectivity index (χ4v) is 3.99. The summed E-state index contributed by atoms with van der Waals surface area (Å²) in [5.41, 5.74) is 4.86. The molecular formula is C23H34N6O. The number of guanidine groups is 1. The molecule has 0 saturated heterocycles. The van der Waals surface area contributed by atoms with Gasteiger partial charge in [0.25, 0.3) is 0 Å². The number of nitrogens with one attached hydrogen (secondary N) is 1. The van der Waals surface area contributed by atoms with Crippen LogP contribution in [0.25, 0.3) is 0 Å². The number of carbonyl (C=O) groups is 1. The number of rotatable bonds is 7. The van der Waals surface area contributed by atoms with E-state index in [1.54, 1.807) is 7.05 Å². The molecular weight excluding hydrogens is 376 g/mol. The van der Waals surface area contributed by atoms with Crippen LogP contribution in [-0.2, 0) is 31.5 Å². The van der Waals surface area contributed by atoms with Crippen LogP contribution < -0.4 is 5.32 Å². The van der Waals surface area contributed by atoms with Gasteiger partial charge in [-0.15, -0.1) is 0 Å². The number of hydrogen-bond acceptors (Lipinski definition) is 3. The first kappa shape index (κ1) is 21.9. The minimum atomic E-state index is 0.216. The molecule has 0 aliphatic carbocycles. The zero-order valence-corrected chi connectivity index (χ0v) is 18.9. The first-order valence-electron chi connectivity index (χ1n) is 10.7. The first-order valence-corrected chi connectivity index (χ1v) is 10.7. The van der Waals surface area contributed by atoms with E-state index in [0.717, 1.165) is 37.7 Å². The van der Waals surface area contributed by atoms with E-state index in [0.29, 0.717) is 18.9 Å². The molecule has 7 nitrogen and oxygen atoms in total. The second-order valence-corrected chi connectivity index (χ2v) is 8.32. The van der Waals surface area contributed by atoms with Gasteiger partial charge < -0.3 is 15.1 Å². The van der Waals surface area contributed by atoms with Gasteiger partial charge in [0.05, 0.1) is 5.69 Å². The van der Waals surface area contributed by atoms with Crippen molar-refractivity contribution in [3.8, 4) is 0 Å². The van der Waals surface area contributed by atoms with E-state index in [9.17, 15) is 4.79 Å². The number of nitrogens with zero attached hydrogens (tertiary/aromatic N) is 5. The molecule has 0 atom stereocenters. The molecule has 0 fully saturated rings. The second-order valence-electron chi connectivity index (χ2n) is 8.32. The van der Waals surface area contributed by atoms with Gasteiger partial charge in [-0.2, -0.15) is 5.10 Å². The molecule has 1 aromatic heterocycles. The average molecular weight is 411 g/mol. The van der Waals surface area contributed by atoms with E-state index < -0.39 is 0 Å². The van der Waals surface area contributed by atoms with Gasteiger partial charge >= 0.3 is 0 Å². The smallest absolute Gasteiger partial charge is 0.223 e. The molecule has 1 amide bonds. The molecule has 0 spiro atoms. The Bertz CT molecular complexity index is 876. The number of carbonyl (C=O) groups excluding carboxylic acids is 1. The first-order chi connectivity index (χ1) is 14.4. The van der Waals surface area contributed by atoms with Crippen LogP contribution >= 0.6 is 0 Å². The van der Waals surface area contributed by atoms with Gasteiger partial charge in [-0.05, 0) is 23.5 Å². The van der Waals surface area contributed by atoms with Crippen LogP contribution in [0, 0.1) is 0 Å². The molecule has 7 heteroatoms. The van der Waals surface area contributed by atoms with Gasteiger partial charge in [-0.25, -0.2) is 0 Å².